The predicted octanol–water partition coefficient (Wildman–Crippen LogP) is 4.57. The molecule has 1 aromatic carbocycles. The van der Waals surface area contributed by atoms with E-state index in [1.54, 1.807) is 18.5 Å². The molecule has 3 rings (SSSR count). The number of aromatic nitrogens is 4. The number of nitrogens with zero attached hydrogens (tertiary/aromatic N) is 4. The standard InChI is InChI=1S/C22H25N5OS/c1-6-11-27-20(18-7-9-23-10-8-18)25-26-22(27)29-17(5)21(28)24-19-15(3)12-14(2)13-16(19)4/h6-10,12-13,17H,1,11H2,2-5H3,(H,24,28)/t17-/m0/s1. The molecular formula is C22H25N5OS. The molecule has 150 valence electrons. The third-order valence-corrected chi connectivity index (χ3v) is 5.62. The number of carbonyl (C=O) groups excluding carboxylic acids is 1. The summed E-state index contributed by atoms with van der Waals surface area (Å²) in [6.07, 6.45) is 5.23. The van der Waals surface area contributed by atoms with E-state index >= 15 is 0 Å². The van der Waals surface area contributed by atoms with Crippen molar-refractivity contribution in [1.82, 2.24) is 19.7 Å². The molecule has 1 N–H and O–H groups in total. The number of nitrogens with one attached hydrogen (secondary N) is 1. The summed E-state index contributed by atoms with van der Waals surface area (Å²) >= 11 is 1.38. The molecule has 29 heavy (non-hydrogen) atoms. The topological polar surface area (TPSA) is 72.7 Å². The van der Waals surface area contributed by atoms with Crippen LogP contribution in [0.2, 0.25) is 0 Å². The normalized spacial score (nSPS) is 11.9. The summed E-state index contributed by atoms with van der Waals surface area (Å²) in [7, 11) is 0. The Kier molecular flexibility index (Phi) is 6.49. The average molecular weight is 408 g/mol. The molecule has 0 unspecified atom stereocenters. The number of amides is 1. The third-order valence-electron chi connectivity index (χ3n) is 4.54. The maximum atomic E-state index is 12.8. The zero-order valence-electron chi connectivity index (χ0n) is 17.1. The number of allylic oxidation sites excluding steroid dienone is 1. The first-order valence-corrected chi connectivity index (χ1v) is 10.3. The molecule has 1 amide bonds. The second-order valence-corrected chi connectivity index (χ2v) is 8.27. The fourth-order valence-electron chi connectivity index (χ4n) is 3.20. The Morgan fingerprint density at radius 3 is 2.48 bits per heavy atom. The quantitative estimate of drug-likeness (QED) is 0.459. The number of anilines is 1. The fourth-order valence-corrected chi connectivity index (χ4v) is 4.06. The molecule has 0 bridgehead atoms. The Morgan fingerprint density at radius 1 is 1.21 bits per heavy atom. The van der Waals surface area contributed by atoms with Gasteiger partial charge in [0.25, 0.3) is 0 Å². The van der Waals surface area contributed by atoms with Crippen LogP contribution in [0.15, 0.2) is 54.5 Å². The Labute approximate surface area is 175 Å². The van der Waals surface area contributed by atoms with E-state index in [-0.39, 0.29) is 11.2 Å². The SMILES string of the molecule is C=CCn1c(S[C@@H](C)C(=O)Nc2c(C)cc(C)cc2C)nnc1-c1ccncc1. The average Bonchev–Trinajstić information content (AvgIpc) is 3.07. The monoisotopic (exact) mass is 407 g/mol. The number of benzene rings is 1. The number of carbonyl (C=O) groups is 1. The van der Waals surface area contributed by atoms with Gasteiger partial charge in [-0.1, -0.05) is 35.5 Å². The molecule has 0 saturated carbocycles. The van der Waals surface area contributed by atoms with Gasteiger partial charge in [0.05, 0.1) is 5.25 Å². The van der Waals surface area contributed by atoms with Crippen molar-refractivity contribution in [3.05, 3.63) is 66.0 Å². The van der Waals surface area contributed by atoms with Gasteiger partial charge in [0.1, 0.15) is 0 Å². The molecule has 0 aliphatic heterocycles. The smallest absolute Gasteiger partial charge is 0.237 e. The first-order valence-electron chi connectivity index (χ1n) is 9.40. The Morgan fingerprint density at radius 2 is 1.86 bits per heavy atom. The number of hydrogen-bond acceptors (Lipinski definition) is 5. The maximum absolute atomic E-state index is 12.8. The van der Waals surface area contributed by atoms with E-state index in [9.17, 15) is 4.79 Å². The second-order valence-electron chi connectivity index (χ2n) is 6.96. The van der Waals surface area contributed by atoms with Crippen molar-refractivity contribution in [2.75, 3.05) is 5.32 Å². The van der Waals surface area contributed by atoms with Crippen LogP contribution >= 0.6 is 11.8 Å². The molecule has 0 radical (unpaired) electrons. The van der Waals surface area contributed by atoms with Gasteiger partial charge in [-0.15, -0.1) is 16.8 Å². The second kappa shape index (κ2) is 9.05. The minimum atomic E-state index is -0.340. The molecule has 0 saturated heterocycles. The van der Waals surface area contributed by atoms with Gasteiger partial charge < -0.3 is 5.32 Å². The summed E-state index contributed by atoms with van der Waals surface area (Å²) in [5.41, 5.74) is 5.09. The van der Waals surface area contributed by atoms with Crippen molar-refractivity contribution in [3.8, 4) is 11.4 Å². The van der Waals surface area contributed by atoms with Crippen LogP contribution in [0.1, 0.15) is 23.6 Å². The minimum Gasteiger partial charge on any atom is -0.325 e. The molecule has 3 aromatic rings. The van der Waals surface area contributed by atoms with Crippen LogP contribution in [0.25, 0.3) is 11.4 Å². The first-order chi connectivity index (χ1) is 13.9. The van der Waals surface area contributed by atoms with Crippen LogP contribution in [0.5, 0.6) is 0 Å². The zero-order valence-corrected chi connectivity index (χ0v) is 18.0. The lowest BCUT2D eigenvalue weighted by Gasteiger charge is -2.16. The highest BCUT2D eigenvalue weighted by Crippen LogP contribution is 2.28. The van der Waals surface area contributed by atoms with Crippen molar-refractivity contribution >= 4 is 23.4 Å². The molecule has 0 spiro atoms. The van der Waals surface area contributed by atoms with E-state index in [0.29, 0.717) is 11.7 Å². The van der Waals surface area contributed by atoms with Gasteiger partial charge in [-0.25, -0.2) is 0 Å². The third kappa shape index (κ3) is 4.74. The van der Waals surface area contributed by atoms with E-state index in [0.717, 1.165) is 28.2 Å². The van der Waals surface area contributed by atoms with Gasteiger partial charge in [0.15, 0.2) is 11.0 Å². The summed E-state index contributed by atoms with van der Waals surface area (Å²) in [4.78, 5) is 16.9. The van der Waals surface area contributed by atoms with Crippen molar-refractivity contribution in [3.63, 3.8) is 0 Å². The van der Waals surface area contributed by atoms with Gasteiger partial charge in [-0.05, 0) is 51.0 Å². The lowest BCUT2D eigenvalue weighted by atomic mass is 10.1. The van der Waals surface area contributed by atoms with E-state index < -0.39 is 0 Å². The fraction of sp³-hybridized carbons (Fsp3) is 0.273. The molecule has 6 nitrogen and oxygen atoms in total. The van der Waals surface area contributed by atoms with Gasteiger partial charge >= 0.3 is 0 Å². The number of thioether (sulfide) groups is 1. The van der Waals surface area contributed by atoms with Crippen molar-refractivity contribution < 1.29 is 4.79 Å². The van der Waals surface area contributed by atoms with Gasteiger partial charge in [0.2, 0.25) is 5.91 Å². The van der Waals surface area contributed by atoms with Gasteiger partial charge in [-0.2, -0.15) is 0 Å². The van der Waals surface area contributed by atoms with Crippen molar-refractivity contribution in [1.29, 1.82) is 0 Å². The highest BCUT2D eigenvalue weighted by molar-refractivity contribution is 8.00. The highest BCUT2D eigenvalue weighted by atomic mass is 32.2. The zero-order chi connectivity index (χ0) is 21.0. The van der Waals surface area contributed by atoms with Crippen LogP contribution < -0.4 is 5.32 Å². The van der Waals surface area contributed by atoms with Crippen LogP contribution in [0.4, 0.5) is 5.69 Å². The predicted molar refractivity (Wildman–Crippen MR) is 118 cm³/mol. The largest absolute Gasteiger partial charge is 0.325 e. The molecule has 0 aliphatic rings. The van der Waals surface area contributed by atoms with Crippen LogP contribution in [-0.2, 0) is 11.3 Å². The maximum Gasteiger partial charge on any atom is 0.237 e. The lowest BCUT2D eigenvalue weighted by molar-refractivity contribution is -0.115. The molecule has 2 aromatic heterocycles. The molecule has 0 fully saturated rings. The molecule has 7 heteroatoms. The molecule has 0 aliphatic carbocycles. The Hall–Kier alpha value is -2.93. The summed E-state index contributed by atoms with van der Waals surface area (Å²) in [6.45, 7) is 12.3. The summed E-state index contributed by atoms with van der Waals surface area (Å²) in [6, 6.07) is 7.92. The number of pyridine rings is 1. The van der Waals surface area contributed by atoms with Crippen molar-refractivity contribution in [2.24, 2.45) is 0 Å². The number of rotatable bonds is 7. The van der Waals surface area contributed by atoms with Crippen LogP contribution in [0.3, 0.4) is 0 Å². The van der Waals surface area contributed by atoms with E-state index in [1.165, 1.54) is 17.3 Å². The Balaban J connectivity index is 1.80. The highest BCUT2D eigenvalue weighted by Gasteiger charge is 2.21. The molecule has 1 atom stereocenters. The Bertz CT molecular complexity index is 1010. The van der Waals surface area contributed by atoms with Crippen LogP contribution in [-0.4, -0.2) is 30.9 Å². The van der Waals surface area contributed by atoms with Crippen LogP contribution in [0, 0.1) is 20.8 Å². The summed E-state index contributed by atoms with van der Waals surface area (Å²) in [5, 5.41) is 12.0. The summed E-state index contributed by atoms with van der Waals surface area (Å²) < 4.78 is 1.96. The molecular weight excluding hydrogens is 382 g/mol. The molecule has 2 heterocycles. The number of aryl methyl sites for hydroxylation is 3. The van der Waals surface area contributed by atoms with Crippen molar-refractivity contribution in [2.45, 2.75) is 44.6 Å². The van der Waals surface area contributed by atoms with Gasteiger partial charge in [0, 0.05) is 30.2 Å². The first kappa shape index (κ1) is 20.8. The minimum absolute atomic E-state index is 0.0660. The van der Waals surface area contributed by atoms with E-state index in [1.807, 2.05) is 37.5 Å². The van der Waals surface area contributed by atoms with E-state index in [4.69, 9.17) is 0 Å². The van der Waals surface area contributed by atoms with Gasteiger partial charge in [-0.3, -0.25) is 14.3 Å². The number of hydrogen-bond donors (Lipinski definition) is 1. The lowest BCUT2D eigenvalue weighted by Crippen LogP contribution is -2.24. The summed E-state index contributed by atoms with van der Waals surface area (Å²) in [5.74, 6) is 0.663. The van der Waals surface area contributed by atoms with E-state index in [2.05, 4.69) is 46.1 Å².